The van der Waals surface area contributed by atoms with Gasteiger partial charge >= 0.3 is 5.97 Å². The minimum absolute atomic E-state index is 0.150. The summed E-state index contributed by atoms with van der Waals surface area (Å²) in [5.41, 5.74) is 0.105. The van der Waals surface area contributed by atoms with Crippen LogP contribution in [-0.2, 0) is 9.53 Å². The molecule has 0 aliphatic carbocycles. The van der Waals surface area contributed by atoms with E-state index in [0.717, 1.165) is 12.1 Å². The largest absolute Gasteiger partial charge is 0.466 e. The van der Waals surface area contributed by atoms with Gasteiger partial charge in [0.05, 0.1) is 12.5 Å². The van der Waals surface area contributed by atoms with Crippen LogP contribution in [0.25, 0.3) is 0 Å². The van der Waals surface area contributed by atoms with Crippen LogP contribution in [0.2, 0.25) is 0 Å². The molecular weight excluding hydrogens is 288 g/mol. The molecule has 1 aliphatic rings. The summed E-state index contributed by atoms with van der Waals surface area (Å²) in [6.45, 7) is 9.14. The van der Waals surface area contributed by atoms with Gasteiger partial charge in [-0.25, -0.2) is 8.78 Å². The number of likely N-dealkylation sites (tertiary alicyclic amines) is 1. The van der Waals surface area contributed by atoms with Crippen LogP contribution < -0.4 is 0 Å². The van der Waals surface area contributed by atoms with E-state index in [1.54, 1.807) is 6.92 Å². The molecule has 1 heterocycles. The van der Waals surface area contributed by atoms with Crippen molar-refractivity contribution in [1.82, 2.24) is 4.90 Å². The molecule has 0 radical (unpaired) electrons. The van der Waals surface area contributed by atoms with Crippen LogP contribution in [0.5, 0.6) is 0 Å². The van der Waals surface area contributed by atoms with Crippen LogP contribution in [0.4, 0.5) is 8.78 Å². The van der Waals surface area contributed by atoms with Crippen molar-refractivity contribution in [3.05, 3.63) is 35.4 Å². The maximum atomic E-state index is 14.1. The Hall–Kier alpha value is -1.49. The van der Waals surface area contributed by atoms with Crippen LogP contribution in [0.15, 0.2) is 18.2 Å². The summed E-state index contributed by atoms with van der Waals surface area (Å²) in [6.07, 6.45) is 0. The van der Waals surface area contributed by atoms with Crippen molar-refractivity contribution in [2.24, 2.45) is 5.92 Å². The van der Waals surface area contributed by atoms with E-state index in [0.29, 0.717) is 13.1 Å². The molecule has 1 aromatic carbocycles. The fourth-order valence-corrected chi connectivity index (χ4v) is 2.95. The average Bonchev–Trinajstić information content (AvgIpc) is 2.86. The van der Waals surface area contributed by atoms with Crippen LogP contribution in [0.1, 0.15) is 39.2 Å². The molecule has 0 N–H and O–H groups in total. The van der Waals surface area contributed by atoms with Gasteiger partial charge < -0.3 is 4.74 Å². The number of nitrogens with zero attached hydrogens (tertiary/aromatic N) is 1. The number of carbonyl (C=O) groups is 1. The molecule has 0 aromatic heterocycles. The second-order valence-electron chi connectivity index (χ2n) is 6.71. The minimum atomic E-state index is -0.492. The SMILES string of the molecule is CCOC(=O)[C@@H]1CN(C(C)(C)C)C[C@H]1c1cc(F)ccc1F. The molecule has 5 heteroatoms. The lowest BCUT2D eigenvalue weighted by molar-refractivity contribution is -0.148. The summed E-state index contributed by atoms with van der Waals surface area (Å²) in [5, 5.41) is 0. The monoisotopic (exact) mass is 311 g/mol. The van der Waals surface area contributed by atoms with Gasteiger partial charge in [0, 0.05) is 24.5 Å². The van der Waals surface area contributed by atoms with Gasteiger partial charge in [-0.1, -0.05) is 0 Å². The molecule has 2 rings (SSSR count). The standard InChI is InChI=1S/C17H23F2NO2/c1-5-22-16(21)14-10-20(17(2,3)4)9-13(14)12-8-11(18)6-7-15(12)19/h6-8,13-14H,5,9-10H2,1-4H3/t13-,14+/m0/s1. The molecule has 1 fully saturated rings. The predicted molar refractivity (Wildman–Crippen MR) is 80.5 cm³/mol. The zero-order valence-electron chi connectivity index (χ0n) is 13.5. The first kappa shape index (κ1) is 16.9. The van der Waals surface area contributed by atoms with Crippen molar-refractivity contribution in [2.75, 3.05) is 19.7 Å². The molecule has 1 aromatic rings. The van der Waals surface area contributed by atoms with Crippen molar-refractivity contribution in [2.45, 2.75) is 39.2 Å². The van der Waals surface area contributed by atoms with Crippen molar-refractivity contribution in [3.63, 3.8) is 0 Å². The van der Waals surface area contributed by atoms with Crippen molar-refractivity contribution >= 4 is 5.97 Å². The van der Waals surface area contributed by atoms with Gasteiger partial charge in [0.1, 0.15) is 11.6 Å². The number of esters is 1. The second kappa shape index (κ2) is 6.32. The summed E-state index contributed by atoms with van der Waals surface area (Å²) in [7, 11) is 0. The van der Waals surface area contributed by atoms with E-state index in [9.17, 15) is 13.6 Å². The van der Waals surface area contributed by atoms with Gasteiger partial charge in [0.15, 0.2) is 0 Å². The molecule has 2 atom stereocenters. The topological polar surface area (TPSA) is 29.5 Å². The number of ether oxygens (including phenoxy) is 1. The average molecular weight is 311 g/mol. The first-order valence-electron chi connectivity index (χ1n) is 7.60. The van der Waals surface area contributed by atoms with E-state index in [1.165, 1.54) is 6.07 Å². The summed E-state index contributed by atoms with van der Waals surface area (Å²) in [5.74, 6) is -2.18. The molecule has 22 heavy (non-hydrogen) atoms. The molecule has 3 nitrogen and oxygen atoms in total. The maximum Gasteiger partial charge on any atom is 0.310 e. The van der Waals surface area contributed by atoms with Gasteiger partial charge in [-0.15, -0.1) is 0 Å². The maximum absolute atomic E-state index is 14.1. The molecular formula is C17H23F2NO2. The van der Waals surface area contributed by atoms with Crippen LogP contribution in [0.3, 0.4) is 0 Å². The number of hydrogen-bond acceptors (Lipinski definition) is 3. The predicted octanol–water partition coefficient (Wildman–Crippen LogP) is 3.34. The van der Waals surface area contributed by atoms with Crippen LogP contribution in [0, 0.1) is 17.6 Å². The quantitative estimate of drug-likeness (QED) is 0.802. The van der Waals surface area contributed by atoms with Crippen LogP contribution in [-0.4, -0.2) is 36.1 Å². The Morgan fingerprint density at radius 2 is 2.00 bits per heavy atom. The zero-order chi connectivity index (χ0) is 16.5. The van der Waals surface area contributed by atoms with E-state index in [4.69, 9.17) is 4.74 Å². The minimum Gasteiger partial charge on any atom is -0.466 e. The van der Waals surface area contributed by atoms with Gasteiger partial charge in [0.25, 0.3) is 0 Å². The Bertz CT molecular complexity index is 554. The fourth-order valence-electron chi connectivity index (χ4n) is 2.95. The third kappa shape index (κ3) is 3.46. The Kier molecular flexibility index (Phi) is 4.85. The Morgan fingerprint density at radius 1 is 1.32 bits per heavy atom. The summed E-state index contributed by atoms with van der Waals surface area (Å²) in [6, 6.07) is 3.40. The second-order valence-corrected chi connectivity index (χ2v) is 6.71. The number of carbonyl (C=O) groups excluding carboxylic acids is 1. The molecule has 0 bridgehead atoms. The summed E-state index contributed by atoms with van der Waals surface area (Å²) >= 11 is 0. The molecule has 0 amide bonds. The van der Waals surface area contributed by atoms with Crippen molar-refractivity contribution < 1.29 is 18.3 Å². The van der Waals surface area contributed by atoms with Gasteiger partial charge in [0.2, 0.25) is 0 Å². The number of halogens is 2. The van der Waals surface area contributed by atoms with Crippen molar-refractivity contribution in [1.29, 1.82) is 0 Å². The summed E-state index contributed by atoms with van der Waals surface area (Å²) in [4.78, 5) is 14.3. The highest BCUT2D eigenvalue weighted by molar-refractivity contribution is 5.74. The molecule has 122 valence electrons. The lowest BCUT2D eigenvalue weighted by atomic mass is 9.88. The fraction of sp³-hybridized carbons (Fsp3) is 0.588. The number of benzene rings is 1. The Morgan fingerprint density at radius 3 is 2.59 bits per heavy atom. The van der Waals surface area contributed by atoms with E-state index >= 15 is 0 Å². The first-order chi connectivity index (χ1) is 10.2. The third-order valence-electron chi connectivity index (χ3n) is 4.22. The molecule has 1 aliphatic heterocycles. The molecule has 0 saturated carbocycles. The lowest BCUT2D eigenvalue weighted by Crippen LogP contribution is -2.40. The van der Waals surface area contributed by atoms with Gasteiger partial charge in [-0.2, -0.15) is 0 Å². The van der Waals surface area contributed by atoms with Crippen LogP contribution >= 0.6 is 0 Å². The summed E-state index contributed by atoms with van der Waals surface area (Å²) < 4.78 is 32.8. The highest BCUT2D eigenvalue weighted by atomic mass is 19.1. The normalized spacial score (nSPS) is 22.8. The van der Waals surface area contributed by atoms with Gasteiger partial charge in [-0.05, 0) is 51.5 Å². The molecule has 0 spiro atoms. The lowest BCUT2D eigenvalue weighted by Gasteiger charge is -2.31. The third-order valence-corrected chi connectivity index (χ3v) is 4.22. The van der Waals surface area contributed by atoms with E-state index in [-0.39, 0.29) is 23.7 Å². The van der Waals surface area contributed by atoms with E-state index < -0.39 is 23.5 Å². The Balaban J connectivity index is 2.36. The number of rotatable bonds is 3. The highest BCUT2D eigenvalue weighted by Crippen LogP contribution is 2.38. The zero-order valence-corrected chi connectivity index (χ0v) is 13.5. The molecule has 0 unspecified atom stereocenters. The highest BCUT2D eigenvalue weighted by Gasteiger charge is 2.43. The first-order valence-corrected chi connectivity index (χ1v) is 7.60. The van der Waals surface area contributed by atoms with Crippen molar-refractivity contribution in [3.8, 4) is 0 Å². The smallest absolute Gasteiger partial charge is 0.310 e. The molecule has 1 saturated heterocycles. The number of hydrogen-bond donors (Lipinski definition) is 0. The van der Waals surface area contributed by atoms with E-state index in [1.807, 2.05) is 20.8 Å². The van der Waals surface area contributed by atoms with Gasteiger partial charge in [-0.3, -0.25) is 9.69 Å². The van der Waals surface area contributed by atoms with E-state index in [2.05, 4.69) is 4.90 Å². The Labute approximate surface area is 130 Å².